The molecule has 0 saturated carbocycles. The van der Waals surface area contributed by atoms with Gasteiger partial charge >= 0.3 is 0 Å². The van der Waals surface area contributed by atoms with E-state index in [1.165, 1.54) is 21.1 Å². The smallest absolute Gasteiger partial charge is 0.247 e. The van der Waals surface area contributed by atoms with Gasteiger partial charge in [0.1, 0.15) is 18.1 Å². The lowest BCUT2D eigenvalue weighted by molar-refractivity contribution is -0.157. The maximum absolute atomic E-state index is 13.2. The highest BCUT2D eigenvalue weighted by Gasteiger charge is 2.42. The molecule has 2 aromatic rings. The second-order valence-corrected chi connectivity index (χ2v) is 9.01. The molecule has 3 amide bonds. The van der Waals surface area contributed by atoms with E-state index < -0.39 is 17.5 Å². The lowest BCUT2D eigenvalue weighted by atomic mass is 10.0. The van der Waals surface area contributed by atoms with Crippen molar-refractivity contribution in [1.82, 2.24) is 15.1 Å². The Morgan fingerprint density at radius 3 is 2.68 bits per heavy atom. The van der Waals surface area contributed by atoms with E-state index in [1.807, 2.05) is 29.6 Å². The molecule has 9 heteroatoms. The van der Waals surface area contributed by atoms with Gasteiger partial charge < -0.3 is 15.1 Å². The van der Waals surface area contributed by atoms with Crippen LogP contribution in [0, 0.1) is 12.3 Å². The number of amides is 3. The van der Waals surface area contributed by atoms with Crippen LogP contribution in [0.15, 0.2) is 41.8 Å². The number of carbonyl (C=O) groups excluding carboxylic acids is 3. The van der Waals surface area contributed by atoms with Gasteiger partial charge in [-0.1, -0.05) is 47.3 Å². The summed E-state index contributed by atoms with van der Waals surface area (Å²) in [6.07, 6.45) is 5.54. The standard InChI is InChI=1S/C22H21Cl2N3O3S/c1-2-9-26-18(12-20(28)25-13-17-4-3-10-31-17)22(30)27(14-21(26)29)19(24)11-15-5-7-16(23)8-6-15/h1,3-8,10,18-19H,9,11-14H2,(H,25,28). The minimum atomic E-state index is -0.993. The van der Waals surface area contributed by atoms with Crippen molar-refractivity contribution in [2.75, 3.05) is 13.1 Å². The van der Waals surface area contributed by atoms with Crippen LogP contribution >= 0.6 is 34.5 Å². The summed E-state index contributed by atoms with van der Waals surface area (Å²) in [5.41, 5.74) is 0.128. The van der Waals surface area contributed by atoms with Gasteiger partial charge in [-0.2, -0.15) is 0 Å². The van der Waals surface area contributed by atoms with Crippen molar-refractivity contribution in [3.63, 3.8) is 0 Å². The molecule has 0 aliphatic carbocycles. The van der Waals surface area contributed by atoms with E-state index in [9.17, 15) is 14.4 Å². The Kier molecular flexibility index (Phi) is 7.97. The number of hydrogen-bond acceptors (Lipinski definition) is 4. The van der Waals surface area contributed by atoms with E-state index in [4.69, 9.17) is 29.6 Å². The molecule has 1 fully saturated rings. The summed E-state index contributed by atoms with van der Waals surface area (Å²) in [5, 5.41) is 5.30. The minimum absolute atomic E-state index is 0.0502. The number of halogens is 2. The first-order chi connectivity index (χ1) is 14.9. The molecule has 3 rings (SSSR count). The molecule has 0 bridgehead atoms. The van der Waals surface area contributed by atoms with E-state index in [0.29, 0.717) is 18.0 Å². The number of rotatable bonds is 8. The zero-order valence-corrected chi connectivity index (χ0v) is 18.9. The first-order valence-electron chi connectivity index (χ1n) is 9.60. The normalized spacial score (nSPS) is 17.4. The van der Waals surface area contributed by atoms with Crippen LogP contribution in [0.2, 0.25) is 5.02 Å². The molecule has 162 valence electrons. The van der Waals surface area contributed by atoms with E-state index in [2.05, 4.69) is 11.2 Å². The van der Waals surface area contributed by atoms with Gasteiger partial charge in [-0.25, -0.2) is 0 Å². The van der Waals surface area contributed by atoms with Crippen molar-refractivity contribution in [2.24, 2.45) is 0 Å². The molecule has 1 aliphatic heterocycles. The number of alkyl halides is 1. The zero-order chi connectivity index (χ0) is 22.4. The van der Waals surface area contributed by atoms with E-state index in [0.717, 1.165) is 10.4 Å². The SMILES string of the molecule is C#CCN1C(=O)CN(C(Cl)Cc2ccc(Cl)cc2)C(=O)C1CC(=O)NCc1cccs1. The Hall–Kier alpha value is -2.53. The van der Waals surface area contributed by atoms with Gasteiger partial charge in [0, 0.05) is 16.3 Å². The molecule has 31 heavy (non-hydrogen) atoms. The Labute approximate surface area is 195 Å². The number of piperazine rings is 1. The maximum Gasteiger partial charge on any atom is 0.247 e. The predicted molar refractivity (Wildman–Crippen MR) is 122 cm³/mol. The molecular weight excluding hydrogens is 457 g/mol. The van der Waals surface area contributed by atoms with Crippen LogP contribution < -0.4 is 5.32 Å². The first-order valence-corrected chi connectivity index (χ1v) is 11.3. The first kappa shape index (κ1) is 23.1. The highest BCUT2D eigenvalue weighted by Crippen LogP contribution is 2.22. The van der Waals surface area contributed by atoms with Crippen LogP contribution in [0.3, 0.4) is 0 Å². The second-order valence-electron chi connectivity index (χ2n) is 7.03. The Bertz CT molecular complexity index is 973. The van der Waals surface area contributed by atoms with Crippen molar-refractivity contribution in [1.29, 1.82) is 0 Å². The molecule has 0 spiro atoms. The lowest BCUT2D eigenvalue weighted by Gasteiger charge is -2.41. The summed E-state index contributed by atoms with van der Waals surface area (Å²) in [6, 6.07) is 9.90. The third kappa shape index (κ3) is 6.01. The van der Waals surface area contributed by atoms with Crippen LogP contribution in [0.5, 0.6) is 0 Å². The lowest BCUT2D eigenvalue weighted by Crippen LogP contribution is -2.62. The van der Waals surface area contributed by atoms with Gasteiger partial charge in [0.25, 0.3) is 0 Å². The summed E-state index contributed by atoms with van der Waals surface area (Å²) < 4.78 is 0. The van der Waals surface area contributed by atoms with Gasteiger partial charge in [-0.15, -0.1) is 17.8 Å². The molecule has 2 heterocycles. The van der Waals surface area contributed by atoms with E-state index in [-0.39, 0.29) is 31.3 Å². The van der Waals surface area contributed by atoms with Gasteiger partial charge in [0.15, 0.2) is 0 Å². The summed E-state index contributed by atoms with van der Waals surface area (Å²) in [6.45, 7) is 0.125. The number of nitrogens with zero attached hydrogens (tertiary/aromatic N) is 2. The number of benzene rings is 1. The summed E-state index contributed by atoms with van der Waals surface area (Å²) in [5.74, 6) is 1.32. The fourth-order valence-corrected chi connectivity index (χ4v) is 4.43. The quantitative estimate of drug-likeness (QED) is 0.361. The molecule has 1 aromatic heterocycles. The van der Waals surface area contributed by atoms with Crippen LogP contribution in [-0.4, -0.2) is 52.2 Å². The number of carbonyl (C=O) groups is 3. The predicted octanol–water partition coefficient (Wildman–Crippen LogP) is 2.89. The summed E-state index contributed by atoms with van der Waals surface area (Å²) in [4.78, 5) is 42.0. The molecule has 1 aliphatic rings. The van der Waals surface area contributed by atoms with E-state index in [1.54, 1.807) is 12.1 Å². The average molecular weight is 478 g/mol. The molecule has 2 atom stereocenters. The topological polar surface area (TPSA) is 69.7 Å². The van der Waals surface area contributed by atoms with Crippen molar-refractivity contribution in [2.45, 2.75) is 30.9 Å². The zero-order valence-electron chi connectivity index (χ0n) is 16.6. The molecule has 6 nitrogen and oxygen atoms in total. The monoisotopic (exact) mass is 477 g/mol. The molecule has 1 aromatic carbocycles. The number of thiophene rings is 1. The summed E-state index contributed by atoms with van der Waals surface area (Å²) >= 11 is 13.9. The molecular formula is C22H21Cl2N3O3S. The fourth-order valence-electron chi connectivity index (χ4n) is 3.32. The molecule has 1 N–H and O–H groups in total. The van der Waals surface area contributed by atoms with Gasteiger partial charge in [-0.05, 0) is 29.1 Å². The number of hydrogen-bond donors (Lipinski definition) is 1. The van der Waals surface area contributed by atoms with Crippen molar-refractivity contribution >= 4 is 52.3 Å². The van der Waals surface area contributed by atoms with Crippen molar-refractivity contribution in [3.8, 4) is 12.3 Å². The highest BCUT2D eigenvalue weighted by molar-refractivity contribution is 7.09. The fraction of sp³-hybridized carbons (Fsp3) is 0.318. The number of nitrogens with one attached hydrogen (secondary N) is 1. The van der Waals surface area contributed by atoms with Gasteiger partial charge in [0.05, 0.1) is 19.5 Å². The molecule has 0 radical (unpaired) electrons. The van der Waals surface area contributed by atoms with E-state index >= 15 is 0 Å². The summed E-state index contributed by atoms with van der Waals surface area (Å²) in [7, 11) is 0. The van der Waals surface area contributed by atoms with Crippen LogP contribution in [0.4, 0.5) is 0 Å². The molecule has 2 unspecified atom stereocenters. The maximum atomic E-state index is 13.2. The minimum Gasteiger partial charge on any atom is -0.351 e. The van der Waals surface area contributed by atoms with Gasteiger partial charge in [0.2, 0.25) is 17.7 Å². The average Bonchev–Trinajstić information content (AvgIpc) is 3.27. The number of terminal acetylenes is 1. The van der Waals surface area contributed by atoms with Crippen LogP contribution in [0.25, 0.3) is 0 Å². The van der Waals surface area contributed by atoms with Crippen LogP contribution in [0.1, 0.15) is 16.9 Å². The Morgan fingerprint density at radius 2 is 2.03 bits per heavy atom. The third-order valence-corrected chi connectivity index (χ3v) is 6.42. The highest BCUT2D eigenvalue weighted by atomic mass is 35.5. The van der Waals surface area contributed by atoms with Crippen molar-refractivity contribution < 1.29 is 14.4 Å². The Morgan fingerprint density at radius 1 is 1.29 bits per heavy atom. The second kappa shape index (κ2) is 10.7. The van der Waals surface area contributed by atoms with Crippen molar-refractivity contribution in [3.05, 3.63) is 57.2 Å². The molecule has 1 saturated heterocycles. The van der Waals surface area contributed by atoms with Gasteiger partial charge in [-0.3, -0.25) is 14.4 Å². The Balaban J connectivity index is 1.70. The largest absolute Gasteiger partial charge is 0.351 e. The third-order valence-electron chi connectivity index (χ3n) is 4.91. The van der Waals surface area contributed by atoms with Crippen LogP contribution in [-0.2, 0) is 27.3 Å².